The Balaban J connectivity index is 2.84. The van der Waals surface area contributed by atoms with E-state index in [9.17, 15) is 8.42 Å². The highest BCUT2D eigenvalue weighted by atomic mass is 32.2. The Labute approximate surface area is 121 Å². The fourth-order valence-corrected chi connectivity index (χ4v) is 3.25. The summed E-state index contributed by atoms with van der Waals surface area (Å²) in [5.74, 6) is 0.859. The molecule has 0 saturated heterocycles. The van der Waals surface area contributed by atoms with Gasteiger partial charge in [0.15, 0.2) is 0 Å². The van der Waals surface area contributed by atoms with Crippen LogP contribution in [-0.2, 0) is 16.6 Å². The van der Waals surface area contributed by atoms with Gasteiger partial charge < -0.3 is 15.1 Å². The van der Waals surface area contributed by atoms with Gasteiger partial charge >= 0.3 is 0 Å². The molecule has 0 aliphatic rings. The van der Waals surface area contributed by atoms with E-state index in [2.05, 4.69) is 18.6 Å². The molecule has 0 fully saturated rings. The zero-order valence-electron chi connectivity index (χ0n) is 12.6. The maximum Gasteiger partial charge on any atom is 0.274 e. The summed E-state index contributed by atoms with van der Waals surface area (Å²) >= 11 is 0. The number of likely N-dealkylation sites (N-methyl/N-ethyl adjacent to an activating group) is 1. The first-order chi connectivity index (χ1) is 9.24. The summed E-state index contributed by atoms with van der Waals surface area (Å²) in [4.78, 5) is 1.96. The van der Waals surface area contributed by atoms with Crippen LogP contribution in [0.15, 0.2) is 21.6 Å². The van der Waals surface area contributed by atoms with Crippen LogP contribution in [0.25, 0.3) is 0 Å². The maximum absolute atomic E-state index is 12.3. The predicted molar refractivity (Wildman–Crippen MR) is 78.7 cm³/mol. The number of nitrogens with zero attached hydrogens (tertiary/aromatic N) is 1. The van der Waals surface area contributed by atoms with Crippen molar-refractivity contribution in [3.8, 4) is 0 Å². The van der Waals surface area contributed by atoms with Gasteiger partial charge in [0.2, 0.25) is 5.09 Å². The number of nitrogens with two attached hydrogens (primary N) is 1. The summed E-state index contributed by atoms with van der Waals surface area (Å²) in [7, 11) is 0.197. The van der Waals surface area contributed by atoms with Gasteiger partial charge in [-0.15, -0.1) is 0 Å². The van der Waals surface area contributed by atoms with E-state index in [4.69, 9.17) is 10.2 Å². The molecule has 0 aromatic carbocycles. The molecule has 0 amide bonds. The molecule has 1 heterocycles. The Morgan fingerprint density at radius 1 is 1.35 bits per heavy atom. The van der Waals surface area contributed by atoms with Crippen LogP contribution in [0.3, 0.4) is 0 Å². The number of hydrogen-bond acceptors (Lipinski definition) is 5. The SMILES string of the molecule is CC(C)CC(CN(C)C)NS(=O)(=O)c1ccc(CN)o1. The minimum Gasteiger partial charge on any atom is -0.447 e. The summed E-state index contributed by atoms with van der Waals surface area (Å²) in [6.07, 6.45) is 0.766. The first-order valence-electron chi connectivity index (χ1n) is 6.70. The van der Waals surface area contributed by atoms with E-state index in [1.54, 1.807) is 6.07 Å². The molecule has 7 heteroatoms. The topological polar surface area (TPSA) is 88.6 Å². The summed E-state index contributed by atoms with van der Waals surface area (Å²) in [6, 6.07) is 2.87. The Morgan fingerprint density at radius 2 is 2.00 bits per heavy atom. The van der Waals surface area contributed by atoms with Crippen molar-refractivity contribution in [1.29, 1.82) is 0 Å². The monoisotopic (exact) mass is 303 g/mol. The number of furan rings is 1. The second-order valence-electron chi connectivity index (χ2n) is 5.63. The molecule has 1 rings (SSSR count). The highest BCUT2D eigenvalue weighted by molar-refractivity contribution is 7.89. The number of sulfonamides is 1. The maximum atomic E-state index is 12.3. The molecule has 0 spiro atoms. The molecule has 0 aliphatic heterocycles. The van der Waals surface area contributed by atoms with Crippen LogP contribution in [-0.4, -0.2) is 40.0 Å². The van der Waals surface area contributed by atoms with Crippen molar-refractivity contribution in [3.63, 3.8) is 0 Å². The van der Waals surface area contributed by atoms with Crippen LogP contribution in [0.1, 0.15) is 26.0 Å². The molecular formula is C13H25N3O3S. The third kappa shape index (κ3) is 5.24. The number of nitrogens with one attached hydrogen (secondary N) is 1. The summed E-state index contributed by atoms with van der Waals surface area (Å²) < 4.78 is 32.5. The molecule has 116 valence electrons. The Bertz CT molecular complexity index is 499. The van der Waals surface area contributed by atoms with E-state index < -0.39 is 10.0 Å². The molecule has 0 aliphatic carbocycles. The average molecular weight is 303 g/mol. The van der Waals surface area contributed by atoms with Crippen LogP contribution in [0, 0.1) is 5.92 Å². The highest BCUT2D eigenvalue weighted by Crippen LogP contribution is 2.15. The second kappa shape index (κ2) is 7.21. The molecule has 3 N–H and O–H groups in total. The minimum atomic E-state index is -3.64. The van der Waals surface area contributed by atoms with Gasteiger partial charge in [0.25, 0.3) is 10.0 Å². The second-order valence-corrected chi connectivity index (χ2v) is 7.28. The van der Waals surface area contributed by atoms with Crippen LogP contribution in [0.5, 0.6) is 0 Å². The van der Waals surface area contributed by atoms with Gasteiger partial charge in [-0.05, 0) is 38.6 Å². The smallest absolute Gasteiger partial charge is 0.274 e. The van der Waals surface area contributed by atoms with Crippen LogP contribution in [0.2, 0.25) is 0 Å². The lowest BCUT2D eigenvalue weighted by Gasteiger charge is -2.23. The molecule has 1 aromatic heterocycles. The van der Waals surface area contributed by atoms with Crippen molar-refractivity contribution in [3.05, 3.63) is 17.9 Å². The Kier molecular flexibility index (Phi) is 6.19. The zero-order chi connectivity index (χ0) is 15.3. The molecule has 0 saturated carbocycles. The fourth-order valence-electron chi connectivity index (χ4n) is 2.06. The van der Waals surface area contributed by atoms with Crippen molar-refractivity contribution in [2.45, 2.75) is 37.9 Å². The Hall–Kier alpha value is -0.890. The molecule has 6 nitrogen and oxygen atoms in total. The van der Waals surface area contributed by atoms with E-state index in [1.807, 2.05) is 19.0 Å². The molecule has 0 radical (unpaired) electrons. The molecule has 0 bridgehead atoms. The molecular weight excluding hydrogens is 278 g/mol. The van der Waals surface area contributed by atoms with E-state index in [0.29, 0.717) is 18.2 Å². The minimum absolute atomic E-state index is 0.0783. The van der Waals surface area contributed by atoms with Crippen molar-refractivity contribution < 1.29 is 12.8 Å². The van der Waals surface area contributed by atoms with E-state index >= 15 is 0 Å². The van der Waals surface area contributed by atoms with Crippen molar-refractivity contribution in [1.82, 2.24) is 9.62 Å². The lowest BCUT2D eigenvalue weighted by molar-refractivity contribution is 0.326. The van der Waals surface area contributed by atoms with Gasteiger partial charge in [-0.3, -0.25) is 0 Å². The van der Waals surface area contributed by atoms with Crippen molar-refractivity contribution in [2.75, 3.05) is 20.6 Å². The first kappa shape index (κ1) is 17.2. The Morgan fingerprint density at radius 3 is 2.45 bits per heavy atom. The summed E-state index contributed by atoms with van der Waals surface area (Å²) in [6.45, 7) is 4.96. The summed E-state index contributed by atoms with van der Waals surface area (Å²) in [5, 5.41) is -0.0783. The van der Waals surface area contributed by atoms with E-state index in [0.717, 1.165) is 6.42 Å². The van der Waals surface area contributed by atoms with Crippen LogP contribution < -0.4 is 10.5 Å². The van der Waals surface area contributed by atoms with Gasteiger partial charge in [-0.1, -0.05) is 13.8 Å². The van der Waals surface area contributed by atoms with Crippen LogP contribution in [0.4, 0.5) is 0 Å². The molecule has 20 heavy (non-hydrogen) atoms. The average Bonchev–Trinajstić information content (AvgIpc) is 2.75. The van der Waals surface area contributed by atoms with Gasteiger partial charge in [0, 0.05) is 12.6 Å². The van der Waals surface area contributed by atoms with Gasteiger partial charge in [0.1, 0.15) is 5.76 Å². The standard InChI is InChI=1S/C13H25N3O3S/c1-10(2)7-11(9-16(3)4)15-20(17,18)13-6-5-12(8-14)19-13/h5-6,10-11,15H,7-9,14H2,1-4H3. The highest BCUT2D eigenvalue weighted by Gasteiger charge is 2.24. The first-order valence-corrected chi connectivity index (χ1v) is 8.18. The largest absolute Gasteiger partial charge is 0.447 e. The number of rotatable bonds is 8. The third-order valence-electron chi connectivity index (χ3n) is 2.77. The van der Waals surface area contributed by atoms with Crippen LogP contribution >= 0.6 is 0 Å². The third-order valence-corrected chi connectivity index (χ3v) is 4.16. The lowest BCUT2D eigenvalue weighted by Crippen LogP contribution is -2.42. The van der Waals surface area contributed by atoms with Gasteiger partial charge in [-0.25, -0.2) is 13.1 Å². The van der Waals surface area contributed by atoms with Crippen molar-refractivity contribution in [2.24, 2.45) is 11.7 Å². The van der Waals surface area contributed by atoms with Gasteiger partial charge in [-0.2, -0.15) is 0 Å². The predicted octanol–water partition coefficient (Wildman–Crippen LogP) is 0.993. The van der Waals surface area contributed by atoms with Crippen molar-refractivity contribution >= 4 is 10.0 Å². The molecule has 1 aromatic rings. The molecule has 1 atom stereocenters. The summed E-state index contributed by atoms with van der Waals surface area (Å²) in [5.41, 5.74) is 5.42. The lowest BCUT2D eigenvalue weighted by atomic mass is 10.0. The van der Waals surface area contributed by atoms with E-state index in [-0.39, 0.29) is 17.7 Å². The fraction of sp³-hybridized carbons (Fsp3) is 0.692. The quantitative estimate of drug-likeness (QED) is 0.748. The van der Waals surface area contributed by atoms with Gasteiger partial charge in [0.05, 0.1) is 6.54 Å². The normalized spacial score (nSPS) is 14.2. The molecule has 1 unspecified atom stereocenters. The zero-order valence-corrected chi connectivity index (χ0v) is 13.4. The van der Waals surface area contributed by atoms with E-state index in [1.165, 1.54) is 6.07 Å². The number of hydrogen-bond donors (Lipinski definition) is 2.